The molecule has 3 aromatic rings. The number of carbonyl (C=O) groups is 1. The first kappa shape index (κ1) is 20.2. The standard InChI is InChI=1S/C23H22O6/c1-3-4-5-9-15-27-18-14-10-13-17-19(18)28-23(25)21(20(17)26-2)29-22(24)16-11-7-6-8-12-16/h4-8,10-14H,3,9,15H2,1-2H3/b5-4+. The van der Waals surface area contributed by atoms with Crippen molar-refractivity contribution >= 4 is 16.9 Å². The lowest BCUT2D eigenvalue weighted by atomic mass is 10.2. The van der Waals surface area contributed by atoms with E-state index in [2.05, 4.69) is 13.0 Å². The van der Waals surface area contributed by atoms with E-state index in [0.717, 1.165) is 12.8 Å². The molecule has 0 unspecified atom stereocenters. The van der Waals surface area contributed by atoms with Crippen LogP contribution in [0.3, 0.4) is 0 Å². The van der Waals surface area contributed by atoms with Crippen molar-refractivity contribution < 1.29 is 23.4 Å². The molecule has 0 radical (unpaired) electrons. The van der Waals surface area contributed by atoms with Gasteiger partial charge >= 0.3 is 11.6 Å². The number of hydrogen-bond acceptors (Lipinski definition) is 6. The van der Waals surface area contributed by atoms with Gasteiger partial charge in [-0.05, 0) is 37.1 Å². The number of para-hydroxylation sites is 1. The minimum Gasteiger partial charge on any atom is -0.492 e. The summed E-state index contributed by atoms with van der Waals surface area (Å²) in [5, 5.41) is 0.476. The van der Waals surface area contributed by atoms with Crippen LogP contribution in [-0.4, -0.2) is 19.7 Å². The number of carbonyl (C=O) groups excluding carboxylic acids is 1. The Labute approximate surface area is 168 Å². The van der Waals surface area contributed by atoms with Crippen molar-refractivity contribution in [1.82, 2.24) is 0 Å². The molecule has 1 heterocycles. The summed E-state index contributed by atoms with van der Waals surface area (Å²) >= 11 is 0. The van der Waals surface area contributed by atoms with E-state index in [-0.39, 0.29) is 17.1 Å². The highest BCUT2D eigenvalue weighted by atomic mass is 16.6. The van der Waals surface area contributed by atoms with Gasteiger partial charge in [-0.15, -0.1) is 0 Å². The summed E-state index contributed by atoms with van der Waals surface area (Å²) in [6, 6.07) is 13.6. The average Bonchev–Trinajstić information content (AvgIpc) is 2.75. The Hall–Kier alpha value is -3.54. The highest BCUT2D eigenvalue weighted by molar-refractivity contribution is 5.94. The first-order chi connectivity index (χ1) is 14.2. The molecule has 0 atom stereocenters. The predicted octanol–water partition coefficient (Wildman–Crippen LogP) is 4.76. The van der Waals surface area contributed by atoms with Crippen LogP contribution in [-0.2, 0) is 0 Å². The minimum absolute atomic E-state index is 0.122. The van der Waals surface area contributed by atoms with Crippen molar-refractivity contribution in [2.75, 3.05) is 13.7 Å². The maximum Gasteiger partial charge on any atom is 0.383 e. The lowest BCUT2D eigenvalue weighted by Gasteiger charge is -2.12. The van der Waals surface area contributed by atoms with E-state index in [0.29, 0.717) is 23.3 Å². The molecule has 0 bridgehead atoms. The topological polar surface area (TPSA) is 75.0 Å². The van der Waals surface area contributed by atoms with Crippen molar-refractivity contribution in [1.29, 1.82) is 0 Å². The van der Waals surface area contributed by atoms with Gasteiger partial charge in [0.25, 0.3) is 5.75 Å². The van der Waals surface area contributed by atoms with Crippen LogP contribution in [0.25, 0.3) is 11.0 Å². The van der Waals surface area contributed by atoms with E-state index in [4.69, 9.17) is 18.6 Å². The molecule has 0 spiro atoms. The third-order valence-electron chi connectivity index (χ3n) is 4.16. The summed E-state index contributed by atoms with van der Waals surface area (Å²) in [5.41, 5.74) is -0.264. The third-order valence-corrected chi connectivity index (χ3v) is 4.16. The largest absolute Gasteiger partial charge is 0.492 e. The molecule has 0 aliphatic rings. The zero-order chi connectivity index (χ0) is 20.6. The molecule has 0 saturated heterocycles. The van der Waals surface area contributed by atoms with Gasteiger partial charge in [0.05, 0.1) is 24.7 Å². The summed E-state index contributed by atoms with van der Waals surface area (Å²) in [7, 11) is 1.40. The van der Waals surface area contributed by atoms with Crippen LogP contribution < -0.4 is 19.8 Å². The molecule has 2 aromatic carbocycles. The highest BCUT2D eigenvalue weighted by Gasteiger charge is 2.22. The fourth-order valence-electron chi connectivity index (χ4n) is 2.81. The fraction of sp³-hybridized carbons (Fsp3) is 0.217. The molecule has 0 aliphatic heterocycles. The Morgan fingerprint density at radius 1 is 1.03 bits per heavy atom. The van der Waals surface area contributed by atoms with Crippen LogP contribution in [0.5, 0.6) is 17.2 Å². The predicted molar refractivity (Wildman–Crippen MR) is 110 cm³/mol. The van der Waals surface area contributed by atoms with Crippen LogP contribution in [0.15, 0.2) is 69.9 Å². The summed E-state index contributed by atoms with van der Waals surface area (Å²) in [6.45, 7) is 2.50. The van der Waals surface area contributed by atoms with E-state index in [1.54, 1.807) is 48.5 Å². The van der Waals surface area contributed by atoms with E-state index >= 15 is 0 Å². The first-order valence-corrected chi connectivity index (χ1v) is 9.34. The van der Waals surface area contributed by atoms with Crippen molar-refractivity contribution in [3.8, 4) is 17.2 Å². The van der Waals surface area contributed by atoms with Gasteiger partial charge in [-0.3, -0.25) is 0 Å². The maximum atomic E-state index is 12.6. The molecule has 6 nitrogen and oxygen atoms in total. The lowest BCUT2D eigenvalue weighted by Crippen LogP contribution is -2.15. The molecule has 3 rings (SSSR count). The summed E-state index contributed by atoms with van der Waals surface area (Å²) in [6.07, 6.45) is 5.79. The number of allylic oxidation sites excluding steroid dienone is 1. The molecule has 1 aromatic heterocycles. The average molecular weight is 394 g/mol. The summed E-state index contributed by atoms with van der Waals surface area (Å²) in [4.78, 5) is 24.9. The Morgan fingerprint density at radius 2 is 1.83 bits per heavy atom. The van der Waals surface area contributed by atoms with Gasteiger partial charge < -0.3 is 18.6 Å². The van der Waals surface area contributed by atoms with Gasteiger partial charge in [-0.1, -0.05) is 43.3 Å². The summed E-state index contributed by atoms with van der Waals surface area (Å²) < 4.78 is 21.9. The summed E-state index contributed by atoms with van der Waals surface area (Å²) in [5.74, 6) is -0.428. The Kier molecular flexibility index (Phi) is 6.68. The molecule has 0 N–H and O–H groups in total. The third kappa shape index (κ3) is 4.66. The molecule has 6 heteroatoms. The van der Waals surface area contributed by atoms with Gasteiger partial charge in [0.2, 0.25) is 0 Å². The minimum atomic E-state index is -0.819. The Morgan fingerprint density at radius 3 is 2.55 bits per heavy atom. The van der Waals surface area contributed by atoms with E-state index in [1.807, 2.05) is 6.08 Å². The molecular formula is C23H22O6. The van der Waals surface area contributed by atoms with Crippen molar-refractivity contribution in [3.63, 3.8) is 0 Å². The second kappa shape index (κ2) is 9.59. The smallest absolute Gasteiger partial charge is 0.383 e. The van der Waals surface area contributed by atoms with Gasteiger partial charge in [-0.2, -0.15) is 0 Å². The fourth-order valence-corrected chi connectivity index (χ4v) is 2.81. The Balaban J connectivity index is 1.94. The first-order valence-electron chi connectivity index (χ1n) is 9.34. The zero-order valence-electron chi connectivity index (χ0n) is 16.3. The number of methoxy groups -OCH3 is 1. The number of ether oxygens (including phenoxy) is 3. The van der Waals surface area contributed by atoms with Gasteiger partial charge in [0.1, 0.15) is 0 Å². The van der Waals surface area contributed by atoms with E-state index in [9.17, 15) is 9.59 Å². The van der Waals surface area contributed by atoms with Crippen LogP contribution in [0.1, 0.15) is 30.1 Å². The van der Waals surface area contributed by atoms with E-state index < -0.39 is 11.6 Å². The van der Waals surface area contributed by atoms with Crippen molar-refractivity contribution in [3.05, 3.63) is 76.7 Å². The van der Waals surface area contributed by atoms with Crippen LogP contribution in [0, 0.1) is 0 Å². The Bertz CT molecular complexity index is 1070. The number of benzene rings is 2. The molecule has 0 aliphatic carbocycles. The zero-order valence-corrected chi connectivity index (χ0v) is 16.3. The number of esters is 1. The van der Waals surface area contributed by atoms with Crippen LogP contribution in [0.4, 0.5) is 0 Å². The van der Waals surface area contributed by atoms with Gasteiger partial charge in [0, 0.05) is 0 Å². The molecular weight excluding hydrogens is 372 g/mol. The normalized spacial score (nSPS) is 11.0. The quantitative estimate of drug-likeness (QED) is 0.237. The second-order valence-corrected chi connectivity index (χ2v) is 6.16. The van der Waals surface area contributed by atoms with Crippen molar-refractivity contribution in [2.24, 2.45) is 0 Å². The maximum absolute atomic E-state index is 12.6. The molecule has 150 valence electrons. The monoisotopic (exact) mass is 394 g/mol. The van der Waals surface area contributed by atoms with E-state index in [1.165, 1.54) is 7.11 Å². The SMILES string of the molecule is CC/C=C/CCOc1cccc2c(OC)c(OC(=O)c3ccccc3)c(=O)oc12. The number of hydrogen-bond donors (Lipinski definition) is 0. The number of rotatable bonds is 8. The molecule has 29 heavy (non-hydrogen) atoms. The second-order valence-electron chi connectivity index (χ2n) is 6.16. The lowest BCUT2D eigenvalue weighted by molar-refractivity contribution is 0.0723. The van der Waals surface area contributed by atoms with Gasteiger partial charge in [-0.25, -0.2) is 9.59 Å². The van der Waals surface area contributed by atoms with Gasteiger partial charge in [0.15, 0.2) is 17.1 Å². The molecule has 0 amide bonds. The highest BCUT2D eigenvalue weighted by Crippen LogP contribution is 2.36. The molecule has 0 saturated carbocycles. The van der Waals surface area contributed by atoms with Crippen LogP contribution in [0.2, 0.25) is 0 Å². The molecule has 0 fully saturated rings. The van der Waals surface area contributed by atoms with Crippen molar-refractivity contribution in [2.45, 2.75) is 19.8 Å². The van der Waals surface area contributed by atoms with Crippen LogP contribution >= 0.6 is 0 Å². The number of fused-ring (bicyclic) bond motifs is 1.